The molecule has 0 aliphatic heterocycles. The van der Waals surface area contributed by atoms with Crippen LogP contribution in [0.5, 0.6) is 0 Å². The first kappa shape index (κ1) is 9.61. The molecule has 0 fully saturated rings. The average Bonchev–Trinajstić information content (AvgIpc) is 2.49. The summed E-state index contributed by atoms with van der Waals surface area (Å²) >= 11 is 1.38. The third kappa shape index (κ3) is 2.01. The molecular weight excluding hydrogens is 172 g/mol. The van der Waals surface area contributed by atoms with E-state index in [-0.39, 0.29) is 12.0 Å². The lowest BCUT2D eigenvalue weighted by atomic mass is 10.0. The molecule has 1 heterocycles. The van der Waals surface area contributed by atoms with Gasteiger partial charge in [-0.05, 0) is 24.9 Å². The van der Waals surface area contributed by atoms with E-state index in [1.54, 1.807) is 0 Å². The summed E-state index contributed by atoms with van der Waals surface area (Å²) < 4.78 is 4.07. The minimum Gasteiger partial charge on any atom is -0.392 e. The summed E-state index contributed by atoms with van der Waals surface area (Å²) in [5.41, 5.74) is 0. The molecule has 0 radical (unpaired) electrons. The summed E-state index contributed by atoms with van der Waals surface area (Å²) in [4.78, 5) is 4.23. The van der Waals surface area contributed by atoms with Crippen molar-refractivity contribution in [3.8, 4) is 0 Å². The number of hydrogen-bond donors (Lipinski definition) is 1. The van der Waals surface area contributed by atoms with E-state index in [1.807, 2.05) is 20.8 Å². The Kier molecular flexibility index (Phi) is 3.17. The fourth-order valence-corrected chi connectivity index (χ4v) is 1.78. The Hall–Kier alpha value is -0.480. The van der Waals surface area contributed by atoms with Gasteiger partial charge in [-0.15, -0.1) is 0 Å². The molecule has 68 valence electrons. The number of nitrogens with zero attached hydrogens (tertiary/aromatic N) is 2. The van der Waals surface area contributed by atoms with Crippen molar-refractivity contribution in [3.05, 3.63) is 10.8 Å². The van der Waals surface area contributed by atoms with Gasteiger partial charge in [-0.1, -0.05) is 13.8 Å². The molecule has 2 unspecified atom stereocenters. The molecule has 1 rings (SSSR count). The van der Waals surface area contributed by atoms with E-state index in [4.69, 9.17) is 0 Å². The van der Waals surface area contributed by atoms with E-state index in [9.17, 15) is 5.11 Å². The maximum Gasteiger partial charge on any atom is 0.139 e. The van der Waals surface area contributed by atoms with Gasteiger partial charge in [-0.25, -0.2) is 4.98 Å². The fourth-order valence-electron chi connectivity index (χ4n) is 1.02. The Labute approximate surface area is 76.6 Å². The zero-order valence-corrected chi connectivity index (χ0v) is 8.43. The van der Waals surface area contributed by atoms with Crippen molar-refractivity contribution >= 4 is 11.5 Å². The highest BCUT2D eigenvalue weighted by atomic mass is 32.1. The summed E-state index contributed by atoms with van der Waals surface area (Å²) in [5.74, 6) is 0.909. The van der Waals surface area contributed by atoms with Gasteiger partial charge in [0.15, 0.2) is 0 Å². The first-order valence-electron chi connectivity index (χ1n) is 4.13. The van der Waals surface area contributed by atoms with Crippen LogP contribution in [-0.2, 0) is 0 Å². The molecule has 3 nitrogen and oxygen atoms in total. The van der Waals surface area contributed by atoms with E-state index in [0.717, 1.165) is 17.3 Å². The van der Waals surface area contributed by atoms with Crippen LogP contribution in [0.25, 0.3) is 0 Å². The fraction of sp³-hybridized carbons (Fsp3) is 0.750. The summed E-state index contributed by atoms with van der Waals surface area (Å²) in [7, 11) is 0. The summed E-state index contributed by atoms with van der Waals surface area (Å²) in [6, 6.07) is 0. The zero-order valence-electron chi connectivity index (χ0n) is 7.61. The van der Waals surface area contributed by atoms with Crippen molar-refractivity contribution in [3.63, 3.8) is 0 Å². The normalized spacial score (nSPS) is 16.0. The van der Waals surface area contributed by atoms with Crippen molar-refractivity contribution in [2.45, 2.75) is 39.2 Å². The first-order valence-corrected chi connectivity index (χ1v) is 4.90. The molecule has 0 saturated carbocycles. The van der Waals surface area contributed by atoms with Crippen LogP contribution in [0.15, 0.2) is 0 Å². The highest BCUT2D eigenvalue weighted by Gasteiger charge is 2.17. The van der Waals surface area contributed by atoms with E-state index in [1.165, 1.54) is 11.5 Å². The van der Waals surface area contributed by atoms with Crippen molar-refractivity contribution < 1.29 is 5.11 Å². The lowest BCUT2D eigenvalue weighted by Crippen LogP contribution is -2.14. The van der Waals surface area contributed by atoms with Gasteiger partial charge in [0.25, 0.3) is 0 Å². The topological polar surface area (TPSA) is 46.0 Å². The van der Waals surface area contributed by atoms with E-state index in [0.29, 0.717) is 0 Å². The van der Waals surface area contributed by atoms with E-state index in [2.05, 4.69) is 9.36 Å². The van der Waals surface area contributed by atoms with Gasteiger partial charge < -0.3 is 5.11 Å². The SMILES string of the molecule is CCC(O)C(C)c1nc(C)ns1. The predicted molar refractivity (Wildman–Crippen MR) is 49.4 cm³/mol. The third-order valence-corrected chi connectivity index (χ3v) is 2.93. The number of rotatable bonds is 3. The molecule has 0 aliphatic rings. The van der Waals surface area contributed by atoms with Gasteiger partial charge in [-0.2, -0.15) is 4.37 Å². The van der Waals surface area contributed by atoms with Crippen LogP contribution in [0.4, 0.5) is 0 Å². The first-order chi connectivity index (χ1) is 5.65. The van der Waals surface area contributed by atoms with Crippen LogP contribution in [-0.4, -0.2) is 20.6 Å². The van der Waals surface area contributed by atoms with Crippen LogP contribution < -0.4 is 0 Å². The standard InChI is InChI=1S/C8H14N2OS/c1-4-7(11)5(2)8-9-6(3)10-12-8/h5,7,11H,4H2,1-3H3. The summed E-state index contributed by atoms with van der Waals surface area (Å²) in [6.07, 6.45) is 0.470. The predicted octanol–water partition coefficient (Wildman–Crippen LogP) is 1.72. The molecule has 12 heavy (non-hydrogen) atoms. The van der Waals surface area contributed by atoms with Gasteiger partial charge in [0.2, 0.25) is 0 Å². The third-order valence-electron chi connectivity index (χ3n) is 1.93. The van der Waals surface area contributed by atoms with Crippen LogP contribution in [0.2, 0.25) is 0 Å². The lowest BCUT2D eigenvalue weighted by molar-refractivity contribution is 0.145. The van der Waals surface area contributed by atoms with Crippen LogP contribution in [0, 0.1) is 6.92 Å². The highest BCUT2D eigenvalue weighted by Crippen LogP contribution is 2.22. The molecule has 0 amide bonds. The van der Waals surface area contributed by atoms with E-state index < -0.39 is 0 Å². The second kappa shape index (κ2) is 3.96. The second-order valence-corrected chi connectivity index (χ2v) is 3.73. The molecule has 0 spiro atoms. The zero-order chi connectivity index (χ0) is 9.14. The Balaban J connectivity index is 2.70. The van der Waals surface area contributed by atoms with Crippen molar-refractivity contribution in [1.29, 1.82) is 0 Å². The molecular formula is C8H14N2OS. The number of aromatic nitrogens is 2. The van der Waals surface area contributed by atoms with Crippen LogP contribution >= 0.6 is 11.5 Å². The van der Waals surface area contributed by atoms with Crippen LogP contribution in [0.3, 0.4) is 0 Å². The smallest absolute Gasteiger partial charge is 0.139 e. The largest absolute Gasteiger partial charge is 0.392 e. The monoisotopic (exact) mass is 186 g/mol. The Morgan fingerprint density at radius 1 is 1.58 bits per heavy atom. The molecule has 0 bridgehead atoms. The van der Waals surface area contributed by atoms with Crippen molar-refractivity contribution in [2.75, 3.05) is 0 Å². The molecule has 1 N–H and O–H groups in total. The molecule has 0 aliphatic carbocycles. The van der Waals surface area contributed by atoms with Crippen molar-refractivity contribution in [2.24, 2.45) is 0 Å². The molecule has 1 aromatic rings. The molecule has 0 aromatic carbocycles. The van der Waals surface area contributed by atoms with Gasteiger partial charge in [0, 0.05) is 5.92 Å². The summed E-state index contributed by atoms with van der Waals surface area (Å²) in [5, 5.41) is 10.5. The lowest BCUT2D eigenvalue weighted by Gasteiger charge is -2.13. The number of aryl methyl sites for hydroxylation is 1. The number of hydrogen-bond acceptors (Lipinski definition) is 4. The Bertz CT molecular complexity index is 249. The second-order valence-electron chi connectivity index (χ2n) is 2.94. The molecule has 0 saturated heterocycles. The average molecular weight is 186 g/mol. The highest BCUT2D eigenvalue weighted by molar-refractivity contribution is 7.05. The molecule has 4 heteroatoms. The Morgan fingerprint density at radius 2 is 2.25 bits per heavy atom. The molecule has 2 atom stereocenters. The van der Waals surface area contributed by atoms with Crippen molar-refractivity contribution in [1.82, 2.24) is 9.36 Å². The van der Waals surface area contributed by atoms with Gasteiger partial charge in [0.1, 0.15) is 10.8 Å². The quantitative estimate of drug-likeness (QED) is 0.781. The maximum atomic E-state index is 9.53. The van der Waals surface area contributed by atoms with E-state index >= 15 is 0 Å². The maximum absolute atomic E-state index is 9.53. The number of aliphatic hydroxyl groups is 1. The van der Waals surface area contributed by atoms with Gasteiger partial charge in [-0.3, -0.25) is 0 Å². The number of aliphatic hydroxyl groups excluding tert-OH is 1. The van der Waals surface area contributed by atoms with Crippen LogP contribution in [0.1, 0.15) is 37.0 Å². The minimum absolute atomic E-state index is 0.112. The Morgan fingerprint density at radius 3 is 2.67 bits per heavy atom. The van der Waals surface area contributed by atoms with Gasteiger partial charge >= 0.3 is 0 Å². The summed E-state index contributed by atoms with van der Waals surface area (Å²) in [6.45, 7) is 5.81. The van der Waals surface area contributed by atoms with Gasteiger partial charge in [0.05, 0.1) is 6.10 Å². The minimum atomic E-state index is -0.294. The molecule has 1 aromatic heterocycles.